The second kappa shape index (κ2) is 6.88. The summed E-state index contributed by atoms with van der Waals surface area (Å²) in [5.74, 6) is 1.16. The van der Waals surface area contributed by atoms with E-state index in [4.69, 9.17) is 5.26 Å². The van der Waals surface area contributed by atoms with Crippen LogP contribution >= 0.6 is 0 Å². The monoisotopic (exact) mass is 354 g/mol. The van der Waals surface area contributed by atoms with Crippen molar-refractivity contribution >= 4 is 11.7 Å². The van der Waals surface area contributed by atoms with E-state index in [2.05, 4.69) is 20.9 Å². The van der Waals surface area contributed by atoms with Crippen LogP contribution in [0.15, 0.2) is 18.3 Å². The largest absolute Gasteiger partial charge is 0.393 e. The van der Waals surface area contributed by atoms with Crippen LogP contribution < -0.4 is 4.90 Å². The summed E-state index contributed by atoms with van der Waals surface area (Å²) in [7, 11) is 0. The summed E-state index contributed by atoms with van der Waals surface area (Å²) in [6, 6.07) is 6.08. The summed E-state index contributed by atoms with van der Waals surface area (Å²) in [5.41, 5.74) is 0.271. The van der Waals surface area contributed by atoms with E-state index < -0.39 is 0 Å². The van der Waals surface area contributed by atoms with Gasteiger partial charge >= 0.3 is 0 Å². The molecule has 2 saturated heterocycles. The minimum absolute atomic E-state index is 0.189. The topological polar surface area (TPSA) is 80.5 Å². The zero-order valence-corrected chi connectivity index (χ0v) is 15.1. The van der Waals surface area contributed by atoms with Crippen LogP contribution in [0.2, 0.25) is 0 Å². The molecule has 0 radical (unpaired) electrons. The highest BCUT2D eigenvalue weighted by molar-refractivity contribution is 5.86. The molecular weight excluding hydrogens is 328 g/mol. The van der Waals surface area contributed by atoms with Gasteiger partial charge in [0, 0.05) is 31.9 Å². The average Bonchev–Trinajstić information content (AvgIpc) is 2.98. The highest BCUT2D eigenvalue weighted by atomic mass is 16.3. The molecule has 3 heterocycles. The second-order valence-electron chi connectivity index (χ2n) is 8.03. The molecule has 26 heavy (non-hydrogen) atoms. The maximum absolute atomic E-state index is 13.3. The van der Waals surface area contributed by atoms with E-state index in [1.54, 1.807) is 12.3 Å². The van der Waals surface area contributed by atoms with Gasteiger partial charge in [-0.3, -0.25) is 4.79 Å². The van der Waals surface area contributed by atoms with E-state index in [-0.39, 0.29) is 11.5 Å². The Hall–Kier alpha value is -2.13. The molecule has 3 aliphatic rings. The van der Waals surface area contributed by atoms with Crippen molar-refractivity contribution in [1.29, 1.82) is 5.26 Å². The number of aromatic nitrogens is 1. The molecule has 6 heteroatoms. The van der Waals surface area contributed by atoms with Crippen molar-refractivity contribution in [1.82, 2.24) is 9.88 Å². The van der Waals surface area contributed by atoms with Crippen molar-refractivity contribution in [3.63, 3.8) is 0 Å². The molecule has 1 unspecified atom stereocenters. The van der Waals surface area contributed by atoms with Crippen LogP contribution in [0.25, 0.3) is 0 Å². The van der Waals surface area contributed by atoms with Crippen LogP contribution in [0.5, 0.6) is 0 Å². The summed E-state index contributed by atoms with van der Waals surface area (Å²) in [4.78, 5) is 22.0. The van der Waals surface area contributed by atoms with Crippen molar-refractivity contribution in [2.24, 2.45) is 5.41 Å². The third-order valence-electron chi connectivity index (χ3n) is 6.43. The van der Waals surface area contributed by atoms with E-state index in [0.29, 0.717) is 17.5 Å². The van der Waals surface area contributed by atoms with Crippen molar-refractivity contribution in [3.05, 3.63) is 23.9 Å². The molecule has 4 rings (SSSR count). The average molecular weight is 354 g/mol. The normalized spacial score (nSPS) is 32.1. The third kappa shape index (κ3) is 3.05. The number of carbonyl (C=O) groups is 1. The van der Waals surface area contributed by atoms with Crippen LogP contribution in [-0.2, 0) is 4.79 Å². The van der Waals surface area contributed by atoms with Gasteiger partial charge in [0.2, 0.25) is 5.91 Å². The number of hydrogen-bond donors (Lipinski definition) is 1. The number of aliphatic hydroxyl groups is 1. The zero-order valence-electron chi connectivity index (χ0n) is 15.1. The van der Waals surface area contributed by atoms with Gasteiger partial charge in [-0.25, -0.2) is 4.98 Å². The Morgan fingerprint density at radius 2 is 2.00 bits per heavy atom. The Kier molecular flexibility index (Phi) is 4.58. The first-order valence-corrected chi connectivity index (χ1v) is 9.71. The number of nitriles is 1. The minimum Gasteiger partial charge on any atom is -0.393 e. The van der Waals surface area contributed by atoms with Crippen molar-refractivity contribution in [2.45, 2.75) is 57.1 Å². The fourth-order valence-corrected chi connectivity index (χ4v) is 4.91. The Balaban J connectivity index is 1.48. The Labute approximate surface area is 154 Å². The van der Waals surface area contributed by atoms with Gasteiger partial charge in [-0.15, -0.1) is 0 Å². The van der Waals surface area contributed by atoms with Crippen LogP contribution in [0.1, 0.15) is 50.5 Å². The number of nitrogens with zero attached hydrogens (tertiary/aromatic N) is 4. The Morgan fingerprint density at radius 3 is 2.69 bits per heavy atom. The number of carbonyl (C=O) groups excluding carboxylic acids is 1. The van der Waals surface area contributed by atoms with Gasteiger partial charge in [0.1, 0.15) is 11.9 Å². The first kappa shape index (κ1) is 17.3. The molecule has 2 aliphatic heterocycles. The molecule has 0 aromatic carbocycles. The first-order valence-electron chi connectivity index (χ1n) is 9.71. The molecule has 1 aliphatic carbocycles. The molecule has 6 nitrogen and oxygen atoms in total. The SMILES string of the molecule is N#Cc1ccc(N2CCCC3(CCN(C4CCC(O)CC4)C3=O)C2)nc1. The number of hydrogen-bond acceptors (Lipinski definition) is 5. The summed E-state index contributed by atoms with van der Waals surface area (Å²) in [6.07, 6.45) is 7.73. The summed E-state index contributed by atoms with van der Waals surface area (Å²) >= 11 is 0. The fourth-order valence-electron chi connectivity index (χ4n) is 4.91. The highest BCUT2D eigenvalue weighted by Gasteiger charge is 2.50. The molecule has 1 aromatic rings. The van der Waals surface area contributed by atoms with Crippen molar-refractivity contribution in [3.8, 4) is 6.07 Å². The molecule has 1 aromatic heterocycles. The molecule has 1 N–H and O–H groups in total. The fraction of sp³-hybridized carbons (Fsp3) is 0.650. The highest BCUT2D eigenvalue weighted by Crippen LogP contribution is 2.43. The first-order chi connectivity index (χ1) is 12.6. The lowest BCUT2D eigenvalue weighted by Crippen LogP contribution is -2.50. The summed E-state index contributed by atoms with van der Waals surface area (Å²) in [5, 5.41) is 18.7. The van der Waals surface area contributed by atoms with Crippen molar-refractivity contribution in [2.75, 3.05) is 24.5 Å². The molecule has 1 spiro atoms. The van der Waals surface area contributed by atoms with Gasteiger partial charge in [0.05, 0.1) is 17.1 Å². The van der Waals surface area contributed by atoms with Gasteiger partial charge in [-0.2, -0.15) is 5.26 Å². The summed E-state index contributed by atoms with van der Waals surface area (Å²) in [6.45, 7) is 2.47. The Bertz CT molecular complexity index is 706. The standard InChI is InChI=1S/C20H26N4O2/c21-12-15-2-7-18(22-13-15)23-10-1-8-20(14-23)9-11-24(19(20)26)16-3-5-17(25)6-4-16/h2,7,13,16-17,25H,1,3-6,8-11,14H2. The third-order valence-corrected chi connectivity index (χ3v) is 6.43. The van der Waals surface area contributed by atoms with E-state index in [0.717, 1.165) is 70.4 Å². The smallest absolute Gasteiger partial charge is 0.230 e. The number of rotatable bonds is 2. The molecule has 1 amide bonds. The lowest BCUT2D eigenvalue weighted by Gasteiger charge is -2.41. The van der Waals surface area contributed by atoms with Crippen molar-refractivity contribution < 1.29 is 9.90 Å². The van der Waals surface area contributed by atoms with Crippen LogP contribution in [-0.4, -0.2) is 52.7 Å². The van der Waals surface area contributed by atoms with Gasteiger partial charge in [0.25, 0.3) is 0 Å². The van der Waals surface area contributed by atoms with E-state index in [9.17, 15) is 9.90 Å². The van der Waals surface area contributed by atoms with Gasteiger partial charge in [0.15, 0.2) is 0 Å². The molecule has 138 valence electrons. The second-order valence-corrected chi connectivity index (χ2v) is 8.03. The number of aliphatic hydroxyl groups excluding tert-OH is 1. The van der Waals surface area contributed by atoms with Gasteiger partial charge in [-0.1, -0.05) is 0 Å². The molecule has 3 fully saturated rings. The maximum atomic E-state index is 13.3. The number of piperidine rings is 1. The number of amides is 1. The van der Waals surface area contributed by atoms with E-state index in [1.807, 2.05) is 6.07 Å². The Morgan fingerprint density at radius 1 is 1.19 bits per heavy atom. The minimum atomic E-state index is -0.288. The predicted octanol–water partition coefficient (Wildman–Crippen LogP) is 2.08. The zero-order chi connectivity index (χ0) is 18.1. The predicted molar refractivity (Wildman–Crippen MR) is 97.4 cm³/mol. The van der Waals surface area contributed by atoms with Crippen LogP contribution in [0, 0.1) is 16.7 Å². The van der Waals surface area contributed by atoms with Gasteiger partial charge in [-0.05, 0) is 57.1 Å². The van der Waals surface area contributed by atoms with Crippen LogP contribution in [0.4, 0.5) is 5.82 Å². The molecule has 1 atom stereocenters. The molecule has 0 bridgehead atoms. The van der Waals surface area contributed by atoms with Gasteiger partial charge < -0.3 is 14.9 Å². The maximum Gasteiger partial charge on any atom is 0.230 e. The number of pyridine rings is 1. The number of anilines is 1. The lowest BCUT2D eigenvalue weighted by atomic mass is 9.78. The van der Waals surface area contributed by atoms with E-state index in [1.165, 1.54) is 0 Å². The lowest BCUT2D eigenvalue weighted by molar-refractivity contribution is -0.139. The summed E-state index contributed by atoms with van der Waals surface area (Å²) < 4.78 is 0. The van der Waals surface area contributed by atoms with Crippen LogP contribution in [0.3, 0.4) is 0 Å². The number of likely N-dealkylation sites (tertiary alicyclic amines) is 1. The molecule has 1 saturated carbocycles. The quantitative estimate of drug-likeness (QED) is 0.879. The molecular formula is C20H26N4O2. The van der Waals surface area contributed by atoms with E-state index >= 15 is 0 Å².